The van der Waals surface area contributed by atoms with Crippen LogP contribution in [0, 0.1) is 23.2 Å². The molecule has 4 aliphatic rings. The van der Waals surface area contributed by atoms with Crippen molar-refractivity contribution in [3.05, 3.63) is 30.1 Å². The van der Waals surface area contributed by atoms with Gasteiger partial charge in [0.25, 0.3) is 0 Å². The highest BCUT2D eigenvalue weighted by atomic mass is 19.4. The van der Waals surface area contributed by atoms with E-state index < -0.39 is 12.1 Å². The number of hydrogen-bond donors (Lipinski definition) is 1. The Bertz CT molecular complexity index is 908. The predicted octanol–water partition coefficient (Wildman–Crippen LogP) is 2.34. The molecule has 34 heavy (non-hydrogen) atoms. The number of carbonyl (C=O) groups excluding carboxylic acids is 2. The standard InChI is InChI=1S/C21H27N3O3.C2HF3O2/c25-19(18-16-13-27-14-17(16)18)23-10-5-21(6-11-23)4-1-9-24(20(21)26)12-15-2-7-22-8-3-15;3-2(4,5)1(6)7/h2-3,7-8,16-18H,1,4-6,9-14H2;(H,6,7)/t16-,17+,18?;. The SMILES string of the molecule is O=C(C1[C@H]2COC[C@@H]12)N1CCC2(CCCN(Cc3ccncc3)C2=O)CC1.O=C(O)C(F)(F)F. The van der Waals surface area contributed by atoms with E-state index in [1.54, 1.807) is 12.4 Å². The van der Waals surface area contributed by atoms with Crippen LogP contribution in [0.2, 0.25) is 0 Å². The average Bonchev–Trinajstić information content (AvgIpc) is 3.28. The van der Waals surface area contributed by atoms with Gasteiger partial charge in [0, 0.05) is 44.5 Å². The predicted molar refractivity (Wildman–Crippen MR) is 112 cm³/mol. The Morgan fingerprint density at radius 3 is 2.24 bits per heavy atom. The van der Waals surface area contributed by atoms with Crippen LogP contribution in [0.4, 0.5) is 13.2 Å². The number of likely N-dealkylation sites (tertiary alicyclic amines) is 2. The molecule has 1 aliphatic carbocycles. The van der Waals surface area contributed by atoms with Crippen LogP contribution in [0.3, 0.4) is 0 Å². The lowest BCUT2D eigenvalue weighted by Crippen LogP contribution is -2.54. The van der Waals surface area contributed by atoms with Gasteiger partial charge in [-0.25, -0.2) is 4.79 Å². The van der Waals surface area contributed by atoms with Gasteiger partial charge in [0.15, 0.2) is 0 Å². The van der Waals surface area contributed by atoms with Gasteiger partial charge in [-0.15, -0.1) is 0 Å². The lowest BCUT2D eigenvalue weighted by atomic mass is 9.71. The van der Waals surface area contributed by atoms with Crippen molar-refractivity contribution in [2.24, 2.45) is 23.2 Å². The first-order chi connectivity index (χ1) is 16.1. The quantitative estimate of drug-likeness (QED) is 0.709. The molecule has 186 valence electrons. The molecule has 11 heteroatoms. The summed E-state index contributed by atoms with van der Waals surface area (Å²) in [4.78, 5) is 43.1. The van der Waals surface area contributed by atoms with E-state index in [-0.39, 0.29) is 17.2 Å². The zero-order chi connectivity index (χ0) is 24.5. The molecule has 8 nitrogen and oxygen atoms in total. The van der Waals surface area contributed by atoms with Crippen molar-refractivity contribution >= 4 is 17.8 Å². The molecule has 4 fully saturated rings. The van der Waals surface area contributed by atoms with Crippen LogP contribution in [0.5, 0.6) is 0 Å². The smallest absolute Gasteiger partial charge is 0.475 e. The van der Waals surface area contributed by atoms with Crippen LogP contribution in [-0.2, 0) is 25.7 Å². The Kier molecular flexibility index (Phi) is 6.84. The molecule has 3 aliphatic heterocycles. The summed E-state index contributed by atoms with van der Waals surface area (Å²) >= 11 is 0. The average molecular weight is 483 g/mol. The lowest BCUT2D eigenvalue weighted by molar-refractivity contribution is -0.192. The summed E-state index contributed by atoms with van der Waals surface area (Å²) in [5.74, 6) is -1.05. The fourth-order valence-corrected chi connectivity index (χ4v) is 5.45. The van der Waals surface area contributed by atoms with Crippen LogP contribution < -0.4 is 0 Å². The van der Waals surface area contributed by atoms with Crippen molar-refractivity contribution in [3.63, 3.8) is 0 Å². The molecule has 3 atom stereocenters. The number of carbonyl (C=O) groups is 3. The first-order valence-electron chi connectivity index (χ1n) is 11.5. The number of carboxylic acid groups (broad SMARTS) is 1. The Morgan fingerprint density at radius 2 is 1.68 bits per heavy atom. The van der Waals surface area contributed by atoms with Crippen LogP contribution in [0.1, 0.15) is 31.2 Å². The highest BCUT2D eigenvalue weighted by molar-refractivity contribution is 5.85. The summed E-state index contributed by atoms with van der Waals surface area (Å²) in [6.45, 7) is 4.45. The number of alkyl halides is 3. The monoisotopic (exact) mass is 483 g/mol. The molecule has 0 bridgehead atoms. The maximum atomic E-state index is 13.3. The van der Waals surface area contributed by atoms with E-state index in [4.69, 9.17) is 14.6 Å². The van der Waals surface area contributed by atoms with E-state index in [0.29, 0.717) is 24.3 Å². The van der Waals surface area contributed by atoms with Gasteiger partial charge in [0.1, 0.15) is 0 Å². The van der Waals surface area contributed by atoms with E-state index in [0.717, 1.165) is 64.1 Å². The number of fused-ring (bicyclic) bond motifs is 1. The number of piperidine rings is 2. The number of ether oxygens (including phenoxy) is 1. The number of halogens is 3. The third kappa shape index (κ3) is 5.03. The minimum atomic E-state index is -5.08. The number of aromatic nitrogens is 1. The first-order valence-corrected chi connectivity index (χ1v) is 11.5. The fourth-order valence-electron chi connectivity index (χ4n) is 5.45. The molecular weight excluding hydrogens is 455 g/mol. The normalized spacial score (nSPS) is 27.6. The molecular formula is C23H28F3N3O5. The largest absolute Gasteiger partial charge is 0.490 e. The Hall–Kier alpha value is -2.69. The van der Waals surface area contributed by atoms with Gasteiger partial charge in [0.2, 0.25) is 11.8 Å². The second kappa shape index (κ2) is 9.52. The molecule has 1 saturated carbocycles. The van der Waals surface area contributed by atoms with Crippen molar-refractivity contribution < 1.29 is 37.4 Å². The molecule has 1 N–H and O–H groups in total. The molecule has 1 spiro atoms. The number of nitrogens with zero attached hydrogens (tertiary/aromatic N) is 3. The summed E-state index contributed by atoms with van der Waals surface area (Å²) in [5.41, 5.74) is 0.871. The maximum Gasteiger partial charge on any atom is 0.490 e. The van der Waals surface area contributed by atoms with Crippen molar-refractivity contribution in [2.45, 2.75) is 38.4 Å². The Labute approximate surface area is 195 Å². The minimum Gasteiger partial charge on any atom is -0.475 e. The van der Waals surface area contributed by atoms with Gasteiger partial charge in [-0.2, -0.15) is 13.2 Å². The highest BCUT2D eigenvalue weighted by Crippen LogP contribution is 2.52. The van der Waals surface area contributed by atoms with Gasteiger partial charge in [0.05, 0.1) is 18.6 Å². The van der Waals surface area contributed by atoms with E-state index in [9.17, 15) is 22.8 Å². The molecule has 1 aromatic heterocycles. The number of pyridine rings is 1. The van der Waals surface area contributed by atoms with Crippen molar-refractivity contribution in [2.75, 3.05) is 32.8 Å². The molecule has 3 saturated heterocycles. The zero-order valence-corrected chi connectivity index (χ0v) is 18.7. The van der Waals surface area contributed by atoms with E-state index >= 15 is 0 Å². The Balaban J connectivity index is 0.000000344. The molecule has 2 amide bonds. The Morgan fingerprint density at radius 1 is 1.09 bits per heavy atom. The summed E-state index contributed by atoms with van der Waals surface area (Å²) in [5, 5.41) is 7.12. The van der Waals surface area contributed by atoms with Crippen LogP contribution in [0.15, 0.2) is 24.5 Å². The first kappa shape index (κ1) is 24.4. The number of aliphatic carboxylic acids is 1. The van der Waals surface area contributed by atoms with Crippen LogP contribution in [0.25, 0.3) is 0 Å². The van der Waals surface area contributed by atoms with Gasteiger partial charge < -0.3 is 19.6 Å². The molecule has 1 unspecified atom stereocenters. The highest BCUT2D eigenvalue weighted by Gasteiger charge is 2.59. The van der Waals surface area contributed by atoms with Crippen LogP contribution >= 0.6 is 0 Å². The van der Waals surface area contributed by atoms with Crippen molar-refractivity contribution in [3.8, 4) is 0 Å². The number of rotatable bonds is 3. The third-order valence-electron chi connectivity index (χ3n) is 7.46. The lowest BCUT2D eigenvalue weighted by Gasteiger charge is -2.46. The second-order valence-corrected chi connectivity index (χ2v) is 9.49. The fraction of sp³-hybridized carbons (Fsp3) is 0.652. The topological polar surface area (TPSA) is 100 Å². The van der Waals surface area contributed by atoms with Crippen molar-refractivity contribution in [1.29, 1.82) is 0 Å². The minimum absolute atomic E-state index is 0.193. The van der Waals surface area contributed by atoms with E-state index in [2.05, 4.69) is 4.98 Å². The molecule has 4 heterocycles. The number of hydrogen-bond acceptors (Lipinski definition) is 5. The van der Waals surface area contributed by atoms with E-state index in [1.807, 2.05) is 21.9 Å². The van der Waals surface area contributed by atoms with Gasteiger partial charge in [-0.1, -0.05) is 0 Å². The van der Waals surface area contributed by atoms with Gasteiger partial charge >= 0.3 is 12.1 Å². The number of carboxylic acids is 1. The summed E-state index contributed by atoms with van der Waals surface area (Å²) in [6.07, 6.45) is 2.11. The molecule has 1 aromatic rings. The summed E-state index contributed by atoms with van der Waals surface area (Å²) in [6, 6.07) is 3.96. The van der Waals surface area contributed by atoms with Crippen LogP contribution in [-0.4, -0.2) is 76.7 Å². The van der Waals surface area contributed by atoms with E-state index in [1.165, 1.54) is 0 Å². The third-order valence-corrected chi connectivity index (χ3v) is 7.46. The zero-order valence-electron chi connectivity index (χ0n) is 18.7. The van der Waals surface area contributed by atoms with Gasteiger partial charge in [-0.3, -0.25) is 14.6 Å². The maximum absolute atomic E-state index is 13.3. The number of amides is 2. The molecule has 0 radical (unpaired) electrons. The molecule has 0 aromatic carbocycles. The second-order valence-electron chi connectivity index (χ2n) is 9.49. The summed E-state index contributed by atoms with van der Waals surface area (Å²) in [7, 11) is 0. The van der Waals surface area contributed by atoms with Gasteiger partial charge in [-0.05, 0) is 55.2 Å². The molecule has 5 rings (SSSR count). The van der Waals surface area contributed by atoms with Crippen molar-refractivity contribution in [1.82, 2.24) is 14.8 Å². The summed E-state index contributed by atoms with van der Waals surface area (Å²) < 4.78 is 37.2.